The molecule has 0 unspecified atom stereocenters. The lowest BCUT2D eigenvalue weighted by Gasteiger charge is -2.31. The molecule has 3 aliphatic heterocycles. The number of carbonyl (C=O) groups excluding carboxylic acids is 1. The second-order valence-corrected chi connectivity index (χ2v) is 19.7. The van der Waals surface area contributed by atoms with E-state index in [-0.39, 0.29) is 23.7 Å². The number of hydrogen-bond donors (Lipinski definition) is 4. The second kappa shape index (κ2) is 21.1. The quantitative estimate of drug-likeness (QED) is 0.115. The van der Waals surface area contributed by atoms with Gasteiger partial charge >= 0.3 is 27.4 Å². The molecule has 3 aromatic carbocycles. The van der Waals surface area contributed by atoms with Crippen molar-refractivity contribution in [3.05, 3.63) is 70.6 Å². The van der Waals surface area contributed by atoms with Crippen LogP contribution in [0.3, 0.4) is 0 Å². The molecule has 20 heteroatoms. The van der Waals surface area contributed by atoms with Gasteiger partial charge in [0.15, 0.2) is 0 Å². The predicted molar refractivity (Wildman–Crippen MR) is 243 cm³/mol. The van der Waals surface area contributed by atoms with Gasteiger partial charge in [0.2, 0.25) is 0 Å². The fourth-order valence-electron chi connectivity index (χ4n) is 5.57. The number of nitrogens with zero attached hydrogens (tertiary/aromatic N) is 1. The van der Waals surface area contributed by atoms with Crippen molar-refractivity contribution in [1.82, 2.24) is 0 Å². The fourth-order valence-corrected chi connectivity index (χ4v) is 7.64. The van der Waals surface area contributed by atoms with Crippen LogP contribution < -0.4 is 26.6 Å². The first-order chi connectivity index (χ1) is 25.9. The summed E-state index contributed by atoms with van der Waals surface area (Å²) in [4.78, 5) is 14.0. The molecule has 1 amide bonds. The zero-order valence-electron chi connectivity index (χ0n) is 32.8. The van der Waals surface area contributed by atoms with E-state index in [4.69, 9.17) is 88.3 Å². The minimum absolute atomic E-state index is 0.206. The number of halogens is 7. The van der Waals surface area contributed by atoms with Crippen LogP contribution in [0.2, 0.25) is 30.1 Å². The molecule has 10 nitrogen and oxygen atoms in total. The highest BCUT2D eigenvalue weighted by Gasteiger charge is 2.37. The van der Waals surface area contributed by atoms with Crippen molar-refractivity contribution in [2.75, 3.05) is 10.2 Å². The summed E-state index contributed by atoms with van der Waals surface area (Å²) < 4.78 is 21.6. The van der Waals surface area contributed by atoms with Gasteiger partial charge in [0, 0.05) is 42.4 Å². The van der Waals surface area contributed by atoms with E-state index < -0.39 is 33.0 Å². The molecule has 0 spiro atoms. The Morgan fingerprint density at radius 2 is 1.14 bits per heavy atom. The van der Waals surface area contributed by atoms with Gasteiger partial charge in [-0.3, -0.25) is 4.90 Å². The molecule has 306 valence electrons. The minimum Gasteiger partial charge on any atom is -0.443 e. The number of rotatable bonds is 4. The van der Waals surface area contributed by atoms with E-state index in [1.54, 1.807) is 39.0 Å². The Bertz CT molecular complexity index is 1890. The SMILES string of the molecule is CC(C)I.CC(C)N(C(=O)OC(C)(C)C)c1c(Cl)cc2c(c1Cl)B(O)OC2.CC(C)Nc1c(Cl)cc2c(c1Cl)B(O)OC2.Cc1c(Cl)cc2c(c1Cl)B(O)OC2. The van der Waals surface area contributed by atoms with Crippen molar-refractivity contribution in [2.24, 2.45) is 0 Å². The number of anilines is 2. The van der Waals surface area contributed by atoms with Crippen molar-refractivity contribution < 1.29 is 38.6 Å². The molecule has 3 aromatic rings. The summed E-state index contributed by atoms with van der Waals surface area (Å²) in [7, 11) is -2.98. The molecule has 0 radical (unpaired) electrons. The topological polar surface area (TPSA) is 130 Å². The van der Waals surface area contributed by atoms with Crippen molar-refractivity contribution in [1.29, 1.82) is 0 Å². The lowest BCUT2D eigenvalue weighted by molar-refractivity contribution is 0.0570. The third kappa shape index (κ3) is 12.6. The maximum absolute atomic E-state index is 12.6. The van der Waals surface area contributed by atoms with Crippen LogP contribution in [0, 0.1) is 6.92 Å². The summed E-state index contributed by atoms with van der Waals surface area (Å²) in [6.07, 6.45) is -0.551. The van der Waals surface area contributed by atoms with Gasteiger partial charge in [0.05, 0.1) is 51.3 Å². The normalized spacial score (nSPS) is 14.1. The summed E-state index contributed by atoms with van der Waals surface area (Å²) in [5, 5.41) is 34.8. The Hall–Kier alpha value is -0.845. The number of alkyl halides is 1. The number of ether oxygens (including phenoxy) is 1. The smallest absolute Gasteiger partial charge is 0.443 e. The van der Waals surface area contributed by atoms with Crippen LogP contribution in [0.1, 0.15) is 84.6 Å². The van der Waals surface area contributed by atoms with Gasteiger partial charge in [-0.25, -0.2) is 4.79 Å². The van der Waals surface area contributed by atoms with Crippen molar-refractivity contribution in [3.63, 3.8) is 0 Å². The van der Waals surface area contributed by atoms with Crippen LogP contribution in [0.4, 0.5) is 16.2 Å². The van der Waals surface area contributed by atoms with E-state index in [0.29, 0.717) is 71.7 Å². The monoisotopic (exact) mass is 1000 g/mol. The first-order valence-corrected chi connectivity index (χ1v) is 21.2. The highest BCUT2D eigenvalue weighted by molar-refractivity contribution is 14.1. The molecule has 0 bridgehead atoms. The van der Waals surface area contributed by atoms with E-state index in [1.165, 1.54) is 4.90 Å². The molecule has 0 saturated carbocycles. The van der Waals surface area contributed by atoms with Crippen LogP contribution in [-0.4, -0.2) is 64.1 Å². The molecule has 0 saturated heterocycles. The molecule has 3 heterocycles. The zero-order valence-corrected chi connectivity index (χ0v) is 39.5. The highest BCUT2D eigenvalue weighted by atomic mass is 127. The number of fused-ring (bicyclic) bond motifs is 3. The third-order valence-corrected chi connectivity index (χ3v) is 10.2. The number of benzene rings is 3. The average Bonchev–Trinajstić information content (AvgIpc) is 3.74. The van der Waals surface area contributed by atoms with Gasteiger partial charge in [0.1, 0.15) is 5.60 Å². The van der Waals surface area contributed by atoms with Crippen LogP contribution in [0.5, 0.6) is 0 Å². The molecule has 56 heavy (non-hydrogen) atoms. The summed E-state index contributed by atoms with van der Waals surface area (Å²) in [6.45, 7) is 20.1. The Morgan fingerprint density at radius 3 is 1.55 bits per heavy atom. The summed E-state index contributed by atoms with van der Waals surface area (Å²) in [5.74, 6) is 0. The molecule has 0 fully saturated rings. The van der Waals surface area contributed by atoms with E-state index in [1.807, 2.05) is 34.6 Å². The van der Waals surface area contributed by atoms with Gasteiger partial charge in [-0.2, -0.15) is 0 Å². The zero-order chi connectivity index (χ0) is 42.6. The van der Waals surface area contributed by atoms with E-state index >= 15 is 0 Å². The molecule has 0 aromatic heterocycles. The summed E-state index contributed by atoms with van der Waals surface area (Å²) in [6, 6.07) is 5.21. The maximum Gasteiger partial charge on any atom is 0.493 e. The molecule has 3 aliphatic rings. The standard InChI is InChI=1S/C15H20BCl2NO4.C10H12BCl2NO2.C8H7BCl2O2.C3H7I/c1-8(2)19(14(20)23-15(3,4)5)13-10(17)6-9-7-22-16(21)11(9)12(13)18;1-5(2)14-10-7(12)3-6-4-16-11(15)8(6)9(10)13;1-4-6(10)2-5-3-13-9(12)7(5)8(4)11;1-3(2)4/h6,8,21H,7H2,1-5H3;3,5,14-15H,4H2,1-2H3;2,12H,3H2,1H3;3H,1-2H3. The van der Waals surface area contributed by atoms with Gasteiger partial charge < -0.3 is 39.1 Å². The van der Waals surface area contributed by atoms with Crippen LogP contribution >= 0.6 is 92.2 Å². The minimum atomic E-state index is -1.12. The van der Waals surface area contributed by atoms with Crippen LogP contribution in [-0.2, 0) is 38.5 Å². The number of hydrogen-bond acceptors (Lipinski definition) is 9. The Balaban J connectivity index is 0.000000223. The number of nitrogens with one attached hydrogen (secondary N) is 1. The average molecular weight is 1010 g/mol. The summed E-state index contributed by atoms with van der Waals surface area (Å²) >= 11 is 39.4. The van der Waals surface area contributed by atoms with Crippen LogP contribution in [0.25, 0.3) is 0 Å². The molecule has 4 N–H and O–H groups in total. The fraction of sp³-hybridized carbons (Fsp3) is 0.472. The molecular formula is C36H46B3Cl6IN2O8. The van der Waals surface area contributed by atoms with E-state index in [2.05, 4.69) is 41.8 Å². The Morgan fingerprint density at radius 1 is 0.750 bits per heavy atom. The Kier molecular flexibility index (Phi) is 18.7. The second-order valence-electron chi connectivity index (χ2n) is 14.8. The van der Waals surface area contributed by atoms with E-state index in [0.717, 1.165) is 20.6 Å². The van der Waals surface area contributed by atoms with Crippen molar-refractivity contribution >= 4 is 147 Å². The highest BCUT2D eigenvalue weighted by Crippen LogP contribution is 2.38. The predicted octanol–water partition coefficient (Wildman–Crippen LogP) is 8.74. The van der Waals surface area contributed by atoms with Gasteiger partial charge in [-0.1, -0.05) is 106 Å². The molecular weight excluding hydrogens is 960 g/mol. The number of amides is 1. The van der Waals surface area contributed by atoms with Crippen molar-refractivity contribution in [3.8, 4) is 0 Å². The van der Waals surface area contributed by atoms with E-state index in [9.17, 15) is 19.9 Å². The Labute approximate surface area is 374 Å². The lowest BCUT2D eigenvalue weighted by atomic mass is 9.78. The first-order valence-electron chi connectivity index (χ1n) is 17.7. The number of carbonyl (C=O) groups is 1. The van der Waals surface area contributed by atoms with Crippen LogP contribution in [0.15, 0.2) is 18.2 Å². The molecule has 0 atom stereocenters. The third-order valence-electron chi connectivity index (χ3n) is 7.94. The first kappa shape index (κ1) is 49.5. The molecule has 6 rings (SSSR count). The van der Waals surface area contributed by atoms with Gasteiger partial charge in [-0.15, -0.1) is 0 Å². The van der Waals surface area contributed by atoms with Gasteiger partial charge in [0.25, 0.3) is 0 Å². The maximum atomic E-state index is 12.6. The van der Waals surface area contributed by atoms with Gasteiger partial charge in [-0.05, 0) is 95.8 Å². The summed E-state index contributed by atoms with van der Waals surface area (Å²) in [5.41, 5.74) is 5.25. The molecule has 0 aliphatic carbocycles. The lowest BCUT2D eigenvalue weighted by Crippen LogP contribution is -2.42. The van der Waals surface area contributed by atoms with Crippen molar-refractivity contribution in [2.45, 2.75) is 111 Å². The largest absolute Gasteiger partial charge is 0.493 e.